The first-order chi connectivity index (χ1) is 8.65. The lowest BCUT2D eigenvalue weighted by atomic mass is 10.0. The maximum Gasteiger partial charge on any atom is 0.337 e. The second-order valence-electron chi connectivity index (χ2n) is 4.63. The Morgan fingerprint density at radius 3 is 3.06 bits per heavy atom. The number of carboxylic acids is 1. The van der Waals surface area contributed by atoms with Crippen LogP contribution in [0.5, 0.6) is 0 Å². The molecule has 2 N–H and O–H groups in total. The van der Waals surface area contributed by atoms with E-state index in [4.69, 9.17) is 9.84 Å². The van der Waals surface area contributed by atoms with Crippen molar-refractivity contribution in [1.29, 1.82) is 0 Å². The van der Waals surface area contributed by atoms with Crippen molar-refractivity contribution in [3.63, 3.8) is 0 Å². The van der Waals surface area contributed by atoms with E-state index in [0.29, 0.717) is 18.7 Å². The summed E-state index contributed by atoms with van der Waals surface area (Å²) in [4.78, 5) is 14.8. The molecule has 1 aromatic rings. The van der Waals surface area contributed by atoms with Gasteiger partial charge in [0.05, 0.1) is 17.4 Å². The van der Waals surface area contributed by atoms with Crippen LogP contribution in [0.3, 0.4) is 0 Å². The van der Waals surface area contributed by atoms with Gasteiger partial charge in [0.1, 0.15) is 0 Å². The van der Waals surface area contributed by atoms with Crippen molar-refractivity contribution in [2.75, 3.05) is 6.61 Å². The van der Waals surface area contributed by atoms with Crippen LogP contribution in [0, 0.1) is 0 Å². The number of hydrogen-bond donors (Lipinski definition) is 2. The minimum absolute atomic E-state index is 0.221. The number of pyridine rings is 1. The van der Waals surface area contributed by atoms with Crippen LogP contribution in [0.25, 0.3) is 0 Å². The molecule has 0 spiro atoms. The summed E-state index contributed by atoms with van der Waals surface area (Å²) in [6.45, 7) is 3.54. The zero-order chi connectivity index (χ0) is 13.0. The molecule has 1 aliphatic heterocycles. The van der Waals surface area contributed by atoms with Gasteiger partial charge in [0.15, 0.2) is 0 Å². The van der Waals surface area contributed by atoms with E-state index >= 15 is 0 Å². The predicted octanol–water partition coefficient (Wildman–Crippen LogP) is 1.44. The van der Waals surface area contributed by atoms with Crippen LogP contribution in [0.4, 0.5) is 0 Å². The quantitative estimate of drug-likeness (QED) is 0.846. The molecule has 1 saturated heterocycles. The standard InChI is InChI=1S/C13H18N2O3/c1-9-6-11(4-5-18-9)15-8-12-3-2-10(7-14-12)13(16)17/h2-3,7,9,11,15H,4-6,8H2,1H3,(H,16,17). The number of carboxylic acid groups (broad SMARTS) is 1. The zero-order valence-electron chi connectivity index (χ0n) is 10.4. The first kappa shape index (κ1) is 13.0. The van der Waals surface area contributed by atoms with E-state index in [1.807, 2.05) is 0 Å². The highest BCUT2D eigenvalue weighted by Gasteiger charge is 2.18. The van der Waals surface area contributed by atoms with E-state index in [2.05, 4.69) is 17.2 Å². The average molecular weight is 250 g/mol. The average Bonchev–Trinajstić information content (AvgIpc) is 2.37. The summed E-state index contributed by atoms with van der Waals surface area (Å²) in [6.07, 6.45) is 3.72. The molecule has 0 aliphatic carbocycles. The lowest BCUT2D eigenvalue weighted by Crippen LogP contribution is -2.37. The summed E-state index contributed by atoms with van der Waals surface area (Å²) in [5.41, 5.74) is 1.08. The molecule has 0 bridgehead atoms. The van der Waals surface area contributed by atoms with Crippen molar-refractivity contribution < 1.29 is 14.6 Å². The van der Waals surface area contributed by atoms with Crippen LogP contribution in [0.2, 0.25) is 0 Å². The lowest BCUT2D eigenvalue weighted by molar-refractivity contribution is 0.0130. The van der Waals surface area contributed by atoms with Crippen LogP contribution in [-0.4, -0.2) is 34.8 Å². The molecule has 1 aromatic heterocycles. The first-order valence-corrected chi connectivity index (χ1v) is 6.18. The summed E-state index contributed by atoms with van der Waals surface area (Å²) in [5.74, 6) is -0.944. The Labute approximate surface area is 106 Å². The van der Waals surface area contributed by atoms with Crippen LogP contribution < -0.4 is 5.32 Å². The Morgan fingerprint density at radius 1 is 1.61 bits per heavy atom. The molecule has 98 valence electrons. The molecule has 2 rings (SSSR count). The van der Waals surface area contributed by atoms with E-state index in [-0.39, 0.29) is 5.56 Å². The fourth-order valence-electron chi connectivity index (χ4n) is 2.09. The van der Waals surface area contributed by atoms with E-state index in [1.54, 1.807) is 12.1 Å². The van der Waals surface area contributed by atoms with Crippen molar-refractivity contribution in [3.8, 4) is 0 Å². The highest BCUT2D eigenvalue weighted by Crippen LogP contribution is 2.13. The van der Waals surface area contributed by atoms with Gasteiger partial charge >= 0.3 is 5.97 Å². The Morgan fingerprint density at radius 2 is 2.44 bits per heavy atom. The smallest absolute Gasteiger partial charge is 0.337 e. The molecule has 2 unspecified atom stereocenters. The number of hydrogen-bond acceptors (Lipinski definition) is 4. The van der Waals surface area contributed by atoms with Gasteiger partial charge < -0.3 is 15.2 Å². The van der Waals surface area contributed by atoms with Gasteiger partial charge in [0, 0.05) is 25.4 Å². The van der Waals surface area contributed by atoms with E-state index in [1.165, 1.54) is 6.20 Å². The largest absolute Gasteiger partial charge is 0.478 e. The van der Waals surface area contributed by atoms with E-state index in [0.717, 1.165) is 25.1 Å². The van der Waals surface area contributed by atoms with Crippen LogP contribution in [0.15, 0.2) is 18.3 Å². The number of nitrogens with one attached hydrogen (secondary N) is 1. The second kappa shape index (κ2) is 5.93. The SMILES string of the molecule is CC1CC(NCc2ccc(C(=O)O)cn2)CCO1. The normalized spacial score (nSPS) is 23.8. The van der Waals surface area contributed by atoms with Crippen LogP contribution in [-0.2, 0) is 11.3 Å². The Balaban J connectivity index is 1.84. The third kappa shape index (κ3) is 3.51. The molecule has 1 aliphatic rings. The van der Waals surface area contributed by atoms with Crippen molar-refractivity contribution in [2.45, 2.75) is 38.5 Å². The van der Waals surface area contributed by atoms with Gasteiger partial charge in [-0.2, -0.15) is 0 Å². The van der Waals surface area contributed by atoms with Gasteiger partial charge in [-0.3, -0.25) is 4.98 Å². The highest BCUT2D eigenvalue weighted by molar-refractivity contribution is 5.87. The molecule has 1 fully saturated rings. The van der Waals surface area contributed by atoms with E-state index < -0.39 is 5.97 Å². The fraction of sp³-hybridized carbons (Fsp3) is 0.538. The molecule has 0 radical (unpaired) electrons. The van der Waals surface area contributed by atoms with Crippen LogP contribution in [0.1, 0.15) is 35.8 Å². The van der Waals surface area contributed by atoms with Gasteiger partial charge in [0.25, 0.3) is 0 Å². The summed E-state index contributed by atoms with van der Waals surface area (Å²) < 4.78 is 5.48. The van der Waals surface area contributed by atoms with Crippen molar-refractivity contribution in [2.24, 2.45) is 0 Å². The van der Waals surface area contributed by atoms with Gasteiger partial charge in [-0.15, -0.1) is 0 Å². The highest BCUT2D eigenvalue weighted by atomic mass is 16.5. The molecule has 2 atom stereocenters. The topological polar surface area (TPSA) is 71.5 Å². The molecular formula is C13H18N2O3. The second-order valence-corrected chi connectivity index (χ2v) is 4.63. The molecule has 5 nitrogen and oxygen atoms in total. The minimum atomic E-state index is -0.944. The van der Waals surface area contributed by atoms with Gasteiger partial charge in [-0.1, -0.05) is 0 Å². The molecule has 0 aromatic carbocycles. The lowest BCUT2D eigenvalue weighted by Gasteiger charge is -2.27. The third-order valence-electron chi connectivity index (χ3n) is 3.13. The number of ether oxygens (including phenoxy) is 1. The van der Waals surface area contributed by atoms with Crippen LogP contribution >= 0.6 is 0 Å². The molecular weight excluding hydrogens is 232 g/mol. The maximum atomic E-state index is 10.7. The van der Waals surface area contributed by atoms with Gasteiger partial charge in [-0.05, 0) is 31.9 Å². The summed E-state index contributed by atoms with van der Waals surface area (Å²) in [7, 11) is 0. The Kier molecular flexibility index (Phi) is 4.28. The third-order valence-corrected chi connectivity index (χ3v) is 3.13. The Bertz CT molecular complexity index is 405. The number of nitrogens with zero attached hydrogens (tertiary/aromatic N) is 1. The summed E-state index contributed by atoms with van der Waals surface area (Å²) in [6, 6.07) is 3.78. The van der Waals surface area contributed by atoms with Crippen molar-refractivity contribution in [3.05, 3.63) is 29.6 Å². The molecule has 5 heteroatoms. The predicted molar refractivity (Wildman–Crippen MR) is 66.5 cm³/mol. The maximum absolute atomic E-state index is 10.7. The summed E-state index contributed by atoms with van der Waals surface area (Å²) >= 11 is 0. The molecule has 2 heterocycles. The zero-order valence-corrected chi connectivity index (χ0v) is 10.4. The molecule has 0 saturated carbocycles. The number of carbonyl (C=O) groups is 1. The first-order valence-electron chi connectivity index (χ1n) is 6.18. The van der Waals surface area contributed by atoms with Gasteiger partial charge in [-0.25, -0.2) is 4.79 Å². The van der Waals surface area contributed by atoms with E-state index in [9.17, 15) is 4.79 Å². The van der Waals surface area contributed by atoms with Crippen molar-refractivity contribution >= 4 is 5.97 Å². The van der Waals surface area contributed by atoms with Crippen molar-refractivity contribution in [1.82, 2.24) is 10.3 Å². The monoisotopic (exact) mass is 250 g/mol. The number of rotatable bonds is 4. The molecule has 18 heavy (non-hydrogen) atoms. The number of aromatic carboxylic acids is 1. The molecule has 0 amide bonds. The van der Waals surface area contributed by atoms with Gasteiger partial charge in [0.2, 0.25) is 0 Å². The fourth-order valence-corrected chi connectivity index (χ4v) is 2.09. The summed E-state index contributed by atoms with van der Waals surface area (Å²) in [5, 5.41) is 12.2. The Hall–Kier alpha value is -1.46. The minimum Gasteiger partial charge on any atom is -0.478 e. The number of aromatic nitrogens is 1.